The minimum atomic E-state index is -3.47. The van der Waals surface area contributed by atoms with E-state index in [1.807, 2.05) is 13.8 Å². The lowest BCUT2D eigenvalue weighted by atomic mass is 10.2. The Kier molecular flexibility index (Phi) is 4.62. The van der Waals surface area contributed by atoms with Crippen LogP contribution in [0.1, 0.15) is 25.1 Å². The van der Waals surface area contributed by atoms with Crippen LogP contribution in [0.5, 0.6) is 0 Å². The van der Waals surface area contributed by atoms with Crippen molar-refractivity contribution >= 4 is 21.4 Å². The van der Waals surface area contributed by atoms with Crippen LogP contribution in [0.4, 0.5) is 0 Å². The zero-order valence-electron chi connectivity index (χ0n) is 11.2. The second-order valence-corrected chi connectivity index (χ2v) is 7.55. The summed E-state index contributed by atoms with van der Waals surface area (Å²) in [7, 11) is -3.47. The average Bonchev–Trinajstić information content (AvgIpc) is 2.87. The summed E-state index contributed by atoms with van der Waals surface area (Å²) in [4.78, 5) is 1.07. The first-order valence-corrected chi connectivity index (χ1v) is 8.72. The van der Waals surface area contributed by atoms with Crippen LogP contribution in [0.2, 0.25) is 0 Å². The quantitative estimate of drug-likeness (QED) is 0.912. The van der Waals surface area contributed by atoms with Crippen molar-refractivity contribution in [3.8, 4) is 0 Å². The van der Waals surface area contributed by atoms with Crippen LogP contribution < -0.4 is 5.73 Å². The lowest BCUT2D eigenvalue weighted by Crippen LogP contribution is -2.51. The van der Waals surface area contributed by atoms with E-state index in [4.69, 9.17) is 10.5 Å². The molecule has 0 aliphatic carbocycles. The molecule has 7 heteroatoms. The first-order chi connectivity index (χ1) is 9.00. The summed E-state index contributed by atoms with van der Waals surface area (Å²) in [5, 5.41) is 1.78. The minimum absolute atomic E-state index is 0.0717. The number of morpholine rings is 1. The van der Waals surface area contributed by atoms with Gasteiger partial charge in [-0.05, 0) is 24.8 Å². The van der Waals surface area contributed by atoms with Crippen molar-refractivity contribution in [2.45, 2.75) is 43.9 Å². The molecule has 19 heavy (non-hydrogen) atoms. The molecule has 1 saturated heterocycles. The van der Waals surface area contributed by atoms with E-state index in [1.165, 1.54) is 11.3 Å². The van der Waals surface area contributed by atoms with Gasteiger partial charge in [0.15, 0.2) is 0 Å². The molecule has 108 valence electrons. The molecule has 0 saturated carbocycles. The summed E-state index contributed by atoms with van der Waals surface area (Å²) < 4.78 is 32.7. The molecule has 2 atom stereocenters. The van der Waals surface area contributed by atoms with E-state index in [9.17, 15) is 8.42 Å². The van der Waals surface area contributed by atoms with E-state index in [0.717, 1.165) is 6.42 Å². The van der Waals surface area contributed by atoms with Crippen molar-refractivity contribution in [1.29, 1.82) is 0 Å². The molecule has 1 fully saturated rings. The number of ether oxygens (including phenoxy) is 1. The van der Waals surface area contributed by atoms with Crippen LogP contribution in [0.25, 0.3) is 0 Å². The highest BCUT2D eigenvalue weighted by Crippen LogP contribution is 2.28. The molecule has 2 rings (SSSR count). The molecule has 1 aromatic heterocycles. The maximum Gasteiger partial charge on any atom is 0.244 e. The molecule has 0 aromatic carbocycles. The van der Waals surface area contributed by atoms with Crippen molar-refractivity contribution in [2.24, 2.45) is 5.73 Å². The van der Waals surface area contributed by atoms with Gasteiger partial charge in [-0.1, -0.05) is 6.92 Å². The summed E-state index contributed by atoms with van der Waals surface area (Å²) in [6.07, 6.45) is 0.672. The van der Waals surface area contributed by atoms with Gasteiger partial charge in [0, 0.05) is 24.0 Å². The van der Waals surface area contributed by atoms with Crippen molar-refractivity contribution in [1.82, 2.24) is 4.31 Å². The normalized spacial score (nSPS) is 25.6. The van der Waals surface area contributed by atoms with E-state index in [0.29, 0.717) is 22.9 Å². The van der Waals surface area contributed by atoms with Gasteiger partial charge < -0.3 is 10.5 Å². The van der Waals surface area contributed by atoms with Crippen molar-refractivity contribution in [2.75, 3.05) is 13.2 Å². The SMILES string of the molecule is CCC1COC(C)CN1S(=O)(=O)c1ccsc1CN. The van der Waals surface area contributed by atoms with Crippen molar-refractivity contribution in [3.63, 3.8) is 0 Å². The van der Waals surface area contributed by atoms with E-state index in [1.54, 1.807) is 15.8 Å². The van der Waals surface area contributed by atoms with Crippen LogP contribution in [-0.2, 0) is 21.3 Å². The lowest BCUT2D eigenvalue weighted by molar-refractivity contribution is -0.0230. The van der Waals surface area contributed by atoms with Gasteiger partial charge in [0.1, 0.15) is 0 Å². The Hall–Kier alpha value is -0.470. The van der Waals surface area contributed by atoms with Crippen LogP contribution in [0.3, 0.4) is 0 Å². The number of hydrogen-bond acceptors (Lipinski definition) is 5. The van der Waals surface area contributed by atoms with E-state index < -0.39 is 10.0 Å². The van der Waals surface area contributed by atoms with E-state index in [-0.39, 0.29) is 18.7 Å². The molecule has 0 bridgehead atoms. The van der Waals surface area contributed by atoms with E-state index >= 15 is 0 Å². The number of nitrogens with two attached hydrogens (primary N) is 1. The van der Waals surface area contributed by atoms with Gasteiger partial charge in [-0.3, -0.25) is 0 Å². The molecule has 2 unspecified atom stereocenters. The fraction of sp³-hybridized carbons (Fsp3) is 0.667. The maximum absolute atomic E-state index is 12.8. The molecule has 1 aliphatic rings. The first-order valence-electron chi connectivity index (χ1n) is 6.40. The van der Waals surface area contributed by atoms with Gasteiger partial charge in [-0.2, -0.15) is 4.31 Å². The van der Waals surface area contributed by atoms with Gasteiger partial charge in [0.05, 0.1) is 17.6 Å². The van der Waals surface area contributed by atoms with Crippen LogP contribution in [-0.4, -0.2) is 38.0 Å². The van der Waals surface area contributed by atoms with Gasteiger partial charge in [0.25, 0.3) is 0 Å². The first kappa shape index (κ1) is 14.9. The zero-order valence-corrected chi connectivity index (χ0v) is 12.8. The van der Waals surface area contributed by atoms with Crippen molar-refractivity contribution in [3.05, 3.63) is 16.3 Å². The lowest BCUT2D eigenvalue weighted by Gasteiger charge is -2.37. The zero-order chi connectivity index (χ0) is 14.0. The molecule has 2 N–H and O–H groups in total. The third-order valence-corrected chi connectivity index (χ3v) is 6.44. The highest BCUT2D eigenvalue weighted by molar-refractivity contribution is 7.89. The molecule has 1 aliphatic heterocycles. The Bertz CT molecular complexity index is 527. The highest BCUT2D eigenvalue weighted by Gasteiger charge is 2.36. The summed E-state index contributed by atoms with van der Waals surface area (Å²) in [5.41, 5.74) is 5.62. The predicted molar refractivity (Wildman–Crippen MR) is 75.6 cm³/mol. The average molecular weight is 304 g/mol. The number of nitrogens with zero attached hydrogens (tertiary/aromatic N) is 1. The largest absolute Gasteiger partial charge is 0.375 e. The number of thiophene rings is 1. The van der Waals surface area contributed by atoms with Gasteiger partial charge in [0.2, 0.25) is 10.0 Å². The second-order valence-electron chi connectivity index (χ2n) is 4.69. The molecule has 0 radical (unpaired) electrons. The van der Waals surface area contributed by atoms with Gasteiger partial charge in [-0.15, -0.1) is 11.3 Å². The molecular weight excluding hydrogens is 284 g/mol. The Labute approximate surface area is 118 Å². The van der Waals surface area contributed by atoms with Crippen LogP contribution in [0, 0.1) is 0 Å². The summed E-state index contributed by atoms with van der Waals surface area (Å²) in [6.45, 7) is 4.98. The summed E-state index contributed by atoms with van der Waals surface area (Å²) >= 11 is 1.39. The van der Waals surface area contributed by atoms with Gasteiger partial charge in [-0.25, -0.2) is 8.42 Å². The molecule has 2 heterocycles. The van der Waals surface area contributed by atoms with Crippen LogP contribution >= 0.6 is 11.3 Å². The second kappa shape index (κ2) is 5.88. The smallest absolute Gasteiger partial charge is 0.244 e. The van der Waals surface area contributed by atoms with Gasteiger partial charge >= 0.3 is 0 Å². The van der Waals surface area contributed by atoms with Crippen LogP contribution in [0.15, 0.2) is 16.3 Å². The summed E-state index contributed by atoms with van der Waals surface area (Å²) in [5.74, 6) is 0. The molecule has 0 amide bonds. The monoisotopic (exact) mass is 304 g/mol. The fourth-order valence-electron chi connectivity index (χ4n) is 2.26. The van der Waals surface area contributed by atoms with Crippen molar-refractivity contribution < 1.29 is 13.2 Å². The van der Waals surface area contributed by atoms with E-state index in [2.05, 4.69) is 0 Å². The molecular formula is C12H20N2O3S2. The highest BCUT2D eigenvalue weighted by atomic mass is 32.2. The number of sulfonamides is 1. The molecule has 1 aromatic rings. The Morgan fingerprint density at radius 3 is 2.95 bits per heavy atom. The maximum atomic E-state index is 12.8. The molecule has 0 spiro atoms. The predicted octanol–water partition coefficient (Wildman–Crippen LogP) is 1.39. The Balaban J connectivity index is 2.37. The standard InChI is InChI=1S/C12H20N2O3S2/c1-3-10-8-17-9(2)7-14(10)19(15,16)12-4-5-18-11(12)6-13/h4-5,9-10H,3,6-8,13H2,1-2H3. The number of rotatable bonds is 4. The fourth-order valence-corrected chi connectivity index (χ4v) is 5.33. The minimum Gasteiger partial charge on any atom is -0.375 e. The summed E-state index contributed by atoms with van der Waals surface area (Å²) in [6, 6.07) is 1.56. The Morgan fingerprint density at radius 2 is 2.32 bits per heavy atom. The third kappa shape index (κ3) is 2.85. The Morgan fingerprint density at radius 1 is 1.58 bits per heavy atom. The topological polar surface area (TPSA) is 72.6 Å². The number of hydrogen-bond donors (Lipinski definition) is 1. The molecule has 5 nitrogen and oxygen atoms in total. The third-order valence-electron chi connectivity index (χ3n) is 3.37.